The monoisotopic (exact) mass is 303 g/mol. The van der Waals surface area contributed by atoms with Crippen molar-refractivity contribution in [2.75, 3.05) is 5.32 Å². The van der Waals surface area contributed by atoms with Crippen molar-refractivity contribution in [1.82, 2.24) is 0 Å². The van der Waals surface area contributed by atoms with Gasteiger partial charge in [-0.3, -0.25) is 4.79 Å². The molecule has 0 saturated heterocycles. The van der Waals surface area contributed by atoms with E-state index in [4.69, 9.17) is 11.6 Å². The van der Waals surface area contributed by atoms with Crippen molar-refractivity contribution < 1.29 is 14.8 Å². The fourth-order valence-electron chi connectivity index (χ4n) is 1.94. The third-order valence-electron chi connectivity index (χ3n) is 3.17. The van der Waals surface area contributed by atoms with Crippen LogP contribution in [0.25, 0.3) is 0 Å². The Morgan fingerprint density at radius 3 is 2.52 bits per heavy atom. The van der Waals surface area contributed by atoms with E-state index in [-0.39, 0.29) is 16.0 Å². The van der Waals surface area contributed by atoms with Gasteiger partial charge in [0.05, 0.1) is 10.6 Å². The Bertz CT molecular complexity index is 689. The van der Waals surface area contributed by atoms with Gasteiger partial charge in [0.25, 0.3) is 5.91 Å². The number of hydrogen-bond donors (Lipinski definition) is 3. The van der Waals surface area contributed by atoms with E-state index in [1.165, 1.54) is 18.2 Å². The van der Waals surface area contributed by atoms with Crippen LogP contribution in [0, 0.1) is 13.8 Å². The van der Waals surface area contributed by atoms with Crippen LogP contribution in [0.4, 0.5) is 5.69 Å². The molecule has 0 spiro atoms. The first-order valence-electron chi connectivity index (χ1n) is 6.42. The van der Waals surface area contributed by atoms with Crippen LogP contribution in [0.2, 0.25) is 5.02 Å². The zero-order valence-electron chi connectivity index (χ0n) is 11.7. The Balaban J connectivity index is 2.32. The predicted molar refractivity (Wildman–Crippen MR) is 85.1 cm³/mol. The predicted octanol–water partition coefficient (Wildman–Crippen LogP) is 1.89. The number of halogens is 1. The van der Waals surface area contributed by atoms with Crippen molar-refractivity contribution in [2.45, 2.75) is 13.8 Å². The summed E-state index contributed by atoms with van der Waals surface area (Å²) in [6, 6.07) is 10.0. The molecule has 0 radical (unpaired) electrons. The molecule has 0 bridgehead atoms. The Labute approximate surface area is 128 Å². The van der Waals surface area contributed by atoms with Crippen molar-refractivity contribution in [1.29, 1.82) is 0 Å². The second kappa shape index (κ2) is 6.31. The quantitative estimate of drug-likeness (QED) is 0.758. The van der Waals surface area contributed by atoms with E-state index >= 15 is 0 Å². The molecule has 108 valence electrons. The van der Waals surface area contributed by atoms with Crippen LogP contribution >= 0.6 is 11.6 Å². The highest BCUT2D eigenvalue weighted by atomic mass is 35.5. The number of aryl methyl sites for hydroxylation is 2. The van der Waals surface area contributed by atoms with E-state index in [1.54, 1.807) is 0 Å². The van der Waals surface area contributed by atoms with Crippen molar-refractivity contribution in [2.24, 2.45) is 0 Å². The lowest BCUT2D eigenvalue weighted by molar-refractivity contribution is 0.102. The second-order valence-electron chi connectivity index (χ2n) is 4.89. The van der Waals surface area contributed by atoms with Crippen molar-refractivity contribution in [3.05, 3.63) is 58.1 Å². The minimum atomic E-state index is -1.64. The number of carbonyl (C=O) groups excluding carboxylic acids is 1. The summed E-state index contributed by atoms with van der Waals surface area (Å²) in [5, 5.41) is 21.4. The maximum atomic E-state index is 12.3. The average Bonchev–Trinajstić information content (AvgIpc) is 2.43. The molecule has 0 aromatic heterocycles. The van der Waals surface area contributed by atoms with Gasteiger partial charge >= 0.3 is 7.12 Å². The molecule has 0 aliphatic heterocycles. The lowest BCUT2D eigenvalue weighted by atomic mass is 9.79. The number of nitrogens with one attached hydrogen (secondary N) is 1. The van der Waals surface area contributed by atoms with E-state index in [0.29, 0.717) is 5.69 Å². The topological polar surface area (TPSA) is 69.6 Å². The SMILES string of the molecule is Cc1ccc(C)c(NC(=O)c2cc(B(O)O)ccc2Cl)c1. The van der Waals surface area contributed by atoms with Gasteiger partial charge in [-0.15, -0.1) is 0 Å². The van der Waals surface area contributed by atoms with Gasteiger partial charge in [-0.1, -0.05) is 29.8 Å². The third-order valence-corrected chi connectivity index (χ3v) is 3.50. The molecule has 0 heterocycles. The molecule has 0 atom stereocenters. The number of benzene rings is 2. The Kier molecular flexibility index (Phi) is 4.68. The Morgan fingerprint density at radius 1 is 1.14 bits per heavy atom. The molecule has 2 aromatic rings. The van der Waals surface area contributed by atoms with Gasteiger partial charge in [-0.2, -0.15) is 0 Å². The molecule has 0 unspecified atom stereocenters. The largest absolute Gasteiger partial charge is 0.488 e. The van der Waals surface area contributed by atoms with Crippen LogP contribution in [-0.2, 0) is 0 Å². The van der Waals surface area contributed by atoms with Gasteiger partial charge in [0, 0.05) is 5.69 Å². The van der Waals surface area contributed by atoms with Gasteiger partial charge in [-0.25, -0.2) is 0 Å². The molecule has 3 N–H and O–H groups in total. The first-order valence-corrected chi connectivity index (χ1v) is 6.80. The molecule has 0 fully saturated rings. The second-order valence-corrected chi connectivity index (χ2v) is 5.29. The van der Waals surface area contributed by atoms with Crippen molar-refractivity contribution in [3.8, 4) is 0 Å². The molecule has 6 heteroatoms. The van der Waals surface area contributed by atoms with E-state index in [2.05, 4.69) is 5.32 Å². The highest BCUT2D eigenvalue weighted by molar-refractivity contribution is 6.59. The standard InChI is InChI=1S/C15H15BClNO3/c1-9-3-4-10(2)14(7-9)18-15(19)12-8-11(16(20)21)5-6-13(12)17/h3-8,20-21H,1-2H3,(H,18,19). The highest BCUT2D eigenvalue weighted by Crippen LogP contribution is 2.20. The molecule has 1 amide bonds. The zero-order chi connectivity index (χ0) is 15.6. The molecule has 0 aliphatic carbocycles. The summed E-state index contributed by atoms with van der Waals surface area (Å²) >= 11 is 6.01. The Hall–Kier alpha value is -1.82. The number of hydrogen-bond acceptors (Lipinski definition) is 3. The summed E-state index contributed by atoms with van der Waals surface area (Å²) in [6.07, 6.45) is 0. The lowest BCUT2D eigenvalue weighted by Crippen LogP contribution is -2.31. The van der Waals surface area contributed by atoms with Crippen molar-refractivity contribution in [3.63, 3.8) is 0 Å². The third kappa shape index (κ3) is 3.64. The summed E-state index contributed by atoms with van der Waals surface area (Å²) in [6.45, 7) is 3.83. The molecular formula is C15H15BClNO3. The van der Waals surface area contributed by atoms with Crippen LogP contribution in [0.5, 0.6) is 0 Å². The molecule has 0 saturated carbocycles. The van der Waals surface area contributed by atoms with Crippen LogP contribution in [-0.4, -0.2) is 23.1 Å². The molecule has 21 heavy (non-hydrogen) atoms. The molecule has 2 aromatic carbocycles. The molecule has 4 nitrogen and oxygen atoms in total. The van der Waals surface area contributed by atoms with E-state index in [9.17, 15) is 14.8 Å². The summed E-state index contributed by atoms with van der Waals surface area (Å²) in [7, 11) is -1.64. The molecule has 0 aliphatic rings. The maximum Gasteiger partial charge on any atom is 0.488 e. The first kappa shape index (κ1) is 15.6. The van der Waals surface area contributed by atoms with Gasteiger partial charge in [0.15, 0.2) is 0 Å². The van der Waals surface area contributed by atoms with Crippen LogP contribution in [0.1, 0.15) is 21.5 Å². The minimum absolute atomic E-state index is 0.197. The number of carbonyl (C=O) groups is 1. The summed E-state index contributed by atoms with van der Waals surface area (Å²) in [5.41, 5.74) is 3.07. The van der Waals surface area contributed by atoms with Gasteiger partial charge in [0.1, 0.15) is 0 Å². The minimum Gasteiger partial charge on any atom is -0.423 e. The van der Waals surface area contributed by atoms with Gasteiger partial charge < -0.3 is 15.4 Å². The van der Waals surface area contributed by atoms with Crippen molar-refractivity contribution >= 4 is 35.8 Å². The first-order chi connectivity index (χ1) is 9.88. The Morgan fingerprint density at radius 2 is 1.86 bits per heavy atom. The smallest absolute Gasteiger partial charge is 0.423 e. The van der Waals surface area contributed by atoms with E-state index in [0.717, 1.165) is 11.1 Å². The fraction of sp³-hybridized carbons (Fsp3) is 0.133. The number of amides is 1. The molecular weight excluding hydrogens is 288 g/mol. The fourth-order valence-corrected chi connectivity index (χ4v) is 2.14. The lowest BCUT2D eigenvalue weighted by Gasteiger charge is -2.11. The number of rotatable bonds is 3. The maximum absolute atomic E-state index is 12.3. The van der Waals surface area contributed by atoms with E-state index in [1.807, 2.05) is 32.0 Å². The zero-order valence-corrected chi connectivity index (χ0v) is 12.5. The van der Waals surface area contributed by atoms with Gasteiger partial charge in [-0.05, 0) is 48.6 Å². The summed E-state index contributed by atoms with van der Waals surface area (Å²) in [5.74, 6) is -0.392. The van der Waals surface area contributed by atoms with Crippen LogP contribution in [0.3, 0.4) is 0 Å². The summed E-state index contributed by atoms with van der Waals surface area (Å²) in [4.78, 5) is 12.3. The van der Waals surface area contributed by atoms with E-state index < -0.39 is 13.0 Å². The van der Waals surface area contributed by atoms with Crippen LogP contribution < -0.4 is 10.8 Å². The normalized spacial score (nSPS) is 10.3. The molecule has 2 rings (SSSR count). The van der Waals surface area contributed by atoms with Crippen LogP contribution in [0.15, 0.2) is 36.4 Å². The average molecular weight is 304 g/mol. The summed E-state index contributed by atoms with van der Waals surface area (Å²) < 4.78 is 0. The van der Waals surface area contributed by atoms with Gasteiger partial charge in [0.2, 0.25) is 0 Å². The number of anilines is 1. The highest BCUT2D eigenvalue weighted by Gasteiger charge is 2.17.